The van der Waals surface area contributed by atoms with Gasteiger partial charge in [0.25, 0.3) is 0 Å². The van der Waals surface area contributed by atoms with E-state index < -0.39 is 10.0 Å². The lowest BCUT2D eigenvalue weighted by Crippen LogP contribution is -2.49. The molecule has 1 saturated heterocycles. The van der Waals surface area contributed by atoms with E-state index in [0.717, 1.165) is 31.6 Å². The molecule has 2 rings (SSSR count). The molecule has 0 N–H and O–H groups in total. The van der Waals surface area contributed by atoms with Crippen LogP contribution in [0.4, 0.5) is 0 Å². The number of hydrogen-bond acceptors (Lipinski definition) is 3. The van der Waals surface area contributed by atoms with E-state index >= 15 is 0 Å². The van der Waals surface area contributed by atoms with Crippen molar-refractivity contribution in [2.24, 2.45) is 0 Å². The van der Waals surface area contributed by atoms with Crippen LogP contribution in [-0.4, -0.2) is 56.1 Å². The van der Waals surface area contributed by atoms with Gasteiger partial charge < -0.3 is 4.90 Å². The molecule has 0 bridgehead atoms. The Labute approximate surface area is 136 Å². The van der Waals surface area contributed by atoms with Crippen LogP contribution in [0, 0.1) is 0 Å². The Hall–Kier alpha value is -0.330. The van der Waals surface area contributed by atoms with Crippen LogP contribution in [0.5, 0.6) is 0 Å². The Bertz CT molecular complexity index is 585. The van der Waals surface area contributed by atoms with Crippen molar-refractivity contribution in [2.75, 3.05) is 38.5 Å². The molecular formula is C14H20Cl2N2O2S. The molecule has 0 atom stereocenters. The molecule has 1 heterocycles. The summed E-state index contributed by atoms with van der Waals surface area (Å²) >= 11 is 12.0. The Morgan fingerprint density at radius 1 is 1.14 bits per heavy atom. The van der Waals surface area contributed by atoms with Gasteiger partial charge in [-0.25, -0.2) is 8.42 Å². The van der Waals surface area contributed by atoms with Crippen LogP contribution in [0.3, 0.4) is 0 Å². The molecule has 0 aromatic heterocycles. The number of piperazine rings is 1. The molecule has 1 aromatic rings. The predicted octanol–water partition coefficient (Wildman–Crippen LogP) is 2.50. The fraction of sp³-hybridized carbons (Fsp3) is 0.571. The highest BCUT2D eigenvalue weighted by molar-refractivity contribution is 7.89. The Kier molecular flexibility index (Phi) is 5.91. The minimum absolute atomic E-state index is 0.174. The fourth-order valence-electron chi connectivity index (χ4n) is 2.42. The van der Waals surface area contributed by atoms with Crippen molar-refractivity contribution in [1.29, 1.82) is 0 Å². The number of benzene rings is 1. The van der Waals surface area contributed by atoms with Crippen LogP contribution in [-0.2, 0) is 16.4 Å². The first-order valence-corrected chi connectivity index (χ1v) is 9.43. The molecule has 1 aliphatic rings. The summed E-state index contributed by atoms with van der Waals surface area (Å²) in [7, 11) is -3.05. The lowest BCUT2D eigenvalue weighted by molar-refractivity contribution is 0.190. The molecule has 0 amide bonds. The van der Waals surface area contributed by atoms with Crippen molar-refractivity contribution >= 4 is 33.2 Å². The summed E-state index contributed by atoms with van der Waals surface area (Å²) in [6, 6.07) is 5.54. The normalized spacial score (nSPS) is 18.0. The van der Waals surface area contributed by atoms with Crippen molar-refractivity contribution in [3.63, 3.8) is 0 Å². The van der Waals surface area contributed by atoms with Gasteiger partial charge in [-0.2, -0.15) is 4.31 Å². The minimum Gasteiger partial charge on any atom is -0.300 e. The largest absolute Gasteiger partial charge is 0.300 e. The summed E-state index contributed by atoms with van der Waals surface area (Å²) in [4.78, 5) is 2.27. The van der Waals surface area contributed by atoms with Crippen molar-refractivity contribution < 1.29 is 8.42 Å². The average molecular weight is 351 g/mol. The third-order valence-corrected chi connectivity index (χ3v) is 6.27. The van der Waals surface area contributed by atoms with Gasteiger partial charge in [0.1, 0.15) is 0 Å². The maximum atomic E-state index is 11.8. The van der Waals surface area contributed by atoms with E-state index in [1.54, 1.807) is 17.3 Å². The first-order chi connectivity index (χ1) is 9.92. The maximum absolute atomic E-state index is 11.8. The van der Waals surface area contributed by atoms with Crippen molar-refractivity contribution in [3.8, 4) is 0 Å². The highest BCUT2D eigenvalue weighted by atomic mass is 35.5. The smallest absolute Gasteiger partial charge is 0.213 e. The standard InChI is InChI=1S/C14H20Cl2N2O2S/c1-2-21(19,20)18-9-7-17(8-10-18)6-5-12-3-4-13(15)11-14(12)16/h3-4,11H,2,5-10H2,1H3. The second-order valence-electron chi connectivity index (χ2n) is 5.13. The van der Waals surface area contributed by atoms with E-state index in [4.69, 9.17) is 23.2 Å². The fourth-order valence-corrected chi connectivity index (χ4v) is 4.00. The molecule has 1 aliphatic heterocycles. The van der Waals surface area contributed by atoms with Gasteiger partial charge in [-0.05, 0) is 31.0 Å². The summed E-state index contributed by atoms with van der Waals surface area (Å²) in [5.41, 5.74) is 1.07. The van der Waals surface area contributed by atoms with Crippen LogP contribution in [0.25, 0.3) is 0 Å². The van der Waals surface area contributed by atoms with Crippen molar-refractivity contribution in [1.82, 2.24) is 9.21 Å². The molecule has 7 heteroatoms. The molecule has 1 aromatic carbocycles. The molecular weight excluding hydrogens is 331 g/mol. The summed E-state index contributed by atoms with van der Waals surface area (Å²) < 4.78 is 25.2. The highest BCUT2D eigenvalue weighted by Crippen LogP contribution is 2.21. The Morgan fingerprint density at radius 3 is 2.38 bits per heavy atom. The van der Waals surface area contributed by atoms with Gasteiger partial charge in [0.15, 0.2) is 0 Å². The van der Waals surface area contributed by atoms with Crippen LogP contribution in [0.15, 0.2) is 18.2 Å². The molecule has 4 nitrogen and oxygen atoms in total. The molecule has 0 aliphatic carbocycles. The number of rotatable bonds is 5. The summed E-state index contributed by atoms with van der Waals surface area (Å²) in [5.74, 6) is 0.174. The predicted molar refractivity (Wildman–Crippen MR) is 87.6 cm³/mol. The van der Waals surface area contributed by atoms with Gasteiger partial charge in [-0.1, -0.05) is 29.3 Å². The summed E-state index contributed by atoms with van der Waals surface area (Å²) in [5, 5.41) is 1.33. The zero-order valence-corrected chi connectivity index (χ0v) is 14.4. The average Bonchev–Trinajstić information content (AvgIpc) is 2.47. The Morgan fingerprint density at radius 2 is 1.81 bits per heavy atom. The number of halogens is 2. The first-order valence-electron chi connectivity index (χ1n) is 7.06. The second kappa shape index (κ2) is 7.29. The zero-order chi connectivity index (χ0) is 15.5. The van der Waals surface area contributed by atoms with E-state index in [2.05, 4.69) is 4.90 Å². The zero-order valence-electron chi connectivity index (χ0n) is 12.1. The summed E-state index contributed by atoms with van der Waals surface area (Å²) in [6.07, 6.45) is 0.844. The molecule has 0 radical (unpaired) electrons. The van der Waals surface area contributed by atoms with E-state index in [1.807, 2.05) is 12.1 Å². The summed E-state index contributed by atoms with van der Waals surface area (Å²) in [6.45, 7) is 5.25. The van der Waals surface area contributed by atoms with Crippen LogP contribution < -0.4 is 0 Å². The monoisotopic (exact) mass is 350 g/mol. The minimum atomic E-state index is -3.05. The van der Waals surface area contributed by atoms with E-state index in [-0.39, 0.29) is 5.75 Å². The molecule has 0 saturated carbocycles. The van der Waals surface area contributed by atoms with Gasteiger partial charge >= 0.3 is 0 Å². The lowest BCUT2D eigenvalue weighted by Gasteiger charge is -2.33. The van der Waals surface area contributed by atoms with Crippen LogP contribution >= 0.6 is 23.2 Å². The number of sulfonamides is 1. The van der Waals surface area contributed by atoms with E-state index in [0.29, 0.717) is 23.1 Å². The number of hydrogen-bond donors (Lipinski definition) is 0. The van der Waals surface area contributed by atoms with E-state index in [9.17, 15) is 8.42 Å². The van der Waals surface area contributed by atoms with Gasteiger partial charge in [-0.3, -0.25) is 0 Å². The van der Waals surface area contributed by atoms with Crippen LogP contribution in [0.1, 0.15) is 12.5 Å². The van der Waals surface area contributed by atoms with Crippen molar-refractivity contribution in [2.45, 2.75) is 13.3 Å². The van der Waals surface area contributed by atoms with Gasteiger partial charge in [0.05, 0.1) is 5.75 Å². The third kappa shape index (κ3) is 4.57. The molecule has 1 fully saturated rings. The van der Waals surface area contributed by atoms with Gasteiger partial charge in [0, 0.05) is 42.8 Å². The topological polar surface area (TPSA) is 40.6 Å². The molecule has 21 heavy (non-hydrogen) atoms. The van der Waals surface area contributed by atoms with Crippen molar-refractivity contribution in [3.05, 3.63) is 33.8 Å². The van der Waals surface area contributed by atoms with Crippen LogP contribution in [0.2, 0.25) is 10.0 Å². The Balaban J connectivity index is 1.84. The molecule has 118 valence electrons. The maximum Gasteiger partial charge on any atom is 0.213 e. The van der Waals surface area contributed by atoms with Gasteiger partial charge in [0.2, 0.25) is 10.0 Å². The first kappa shape index (κ1) is 17.0. The highest BCUT2D eigenvalue weighted by Gasteiger charge is 2.25. The SMILES string of the molecule is CCS(=O)(=O)N1CCN(CCc2ccc(Cl)cc2Cl)CC1. The van der Waals surface area contributed by atoms with Gasteiger partial charge in [-0.15, -0.1) is 0 Å². The lowest BCUT2D eigenvalue weighted by atomic mass is 10.1. The third-order valence-electron chi connectivity index (χ3n) is 3.80. The molecule has 0 spiro atoms. The second-order valence-corrected chi connectivity index (χ2v) is 8.23. The van der Waals surface area contributed by atoms with E-state index in [1.165, 1.54) is 0 Å². The molecule has 0 unspecified atom stereocenters. The number of nitrogens with zero attached hydrogens (tertiary/aromatic N) is 2. The quantitative estimate of drug-likeness (QED) is 0.819.